The van der Waals surface area contributed by atoms with Crippen molar-refractivity contribution in [3.05, 3.63) is 24.3 Å². The quantitative estimate of drug-likeness (QED) is 0.670. The standard InChI is InChI=1S/C11H16O2/c1-2-3-7-11(9-12)8-5-4-6-10(11)13/h4-6,8-10,13H,2-3,7H2,1H3. The van der Waals surface area contributed by atoms with Crippen molar-refractivity contribution in [2.24, 2.45) is 5.41 Å². The van der Waals surface area contributed by atoms with E-state index in [-0.39, 0.29) is 0 Å². The second-order valence-electron chi connectivity index (χ2n) is 3.52. The Morgan fingerprint density at radius 1 is 1.54 bits per heavy atom. The molecule has 0 radical (unpaired) electrons. The Kier molecular flexibility index (Phi) is 3.43. The van der Waals surface area contributed by atoms with E-state index in [9.17, 15) is 9.90 Å². The molecule has 0 saturated carbocycles. The molecule has 0 amide bonds. The lowest BCUT2D eigenvalue weighted by Crippen LogP contribution is -2.34. The van der Waals surface area contributed by atoms with Gasteiger partial charge in [0.2, 0.25) is 0 Å². The first kappa shape index (κ1) is 10.2. The normalized spacial score (nSPS) is 32.0. The zero-order valence-electron chi connectivity index (χ0n) is 7.94. The van der Waals surface area contributed by atoms with E-state index in [4.69, 9.17) is 0 Å². The van der Waals surface area contributed by atoms with Crippen LogP contribution in [0, 0.1) is 5.41 Å². The number of carbonyl (C=O) groups is 1. The van der Waals surface area contributed by atoms with Crippen molar-refractivity contribution in [1.82, 2.24) is 0 Å². The van der Waals surface area contributed by atoms with Crippen LogP contribution in [0.25, 0.3) is 0 Å². The Morgan fingerprint density at radius 3 is 2.85 bits per heavy atom. The molecular formula is C11H16O2. The number of rotatable bonds is 4. The van der Waals surface area contributed by atoms with Crippen LogP contribution >= 0.6 is 0 Å². The average Bonchev–Trinajstić information content (AvgIpc) is 2.17. The minimum Gasteiger partial charge on any atom is -0.388 e. The Bertz CT molecular complexity index is 230. The average molecular weight is 180 g/mol. The molecule has 1 aliphatic carbocycles. The number of allylic oxidation sites excluding steroid dienone is 2. The lowest BCUT2D eigenvalue weighted by Gasteiger charge is -2.29. The van der Waals surface area contributed by atoms with Crippen molar-refractivity contribution in [3.8, 4) is 0 Å². The summed E-state index contributed by atoms with van der Waals surface area (Å²) in [5.41, 5.74) is -0.662. The summed E-state index contributed by atoms with van der Waals surface area (Å²) in [6, 6.07) is 0. The zero-order chi connectivity index (χ0) is 9.73. The fourth-order valence-electron chi connectivity index (χ4n) is 1.56. The van der Waals surface area contributed by atoms with Crippen molar-refractivity contribution in [1.29, 1.82) is 0 Å². The summed E-state index contributed by atoms with van der Waals surface area (Å²) in [5, 5.41) is 9.68. The first-order chi connectivity index (χ1) is 6.25. The highest BCUT2D eigenvalue weighted by atomic mass is 16.3. The van der Waals surface area contributed by atoms with Gasteiger partial charge in [-0.3, -0.25) is 0 Å². The predicted molar refractivity (Wildman–Crippen MR) is 52.3 cm³/mol. The van der Waals surface area contributed by atoms with Crippen LogP contribution in [0.15, 0.2) is 24.3 Å². The molecule has 0 aromatic rings. The van der Waals surface area contributed by atoms with Crippen molar-refractivity contribution in [2.75, 3.05) is 0 Å². The van der Waals surface area contributed by atoms with Gasteiger partial charge in [0, 0.05) is 0 Å². The van der Waals surface area contributed by atoms with Gasteiger partial charge in [0.1, 0.15) is 6.29 Å². The van der Waals surface area contributed by atoms with Crippen LogP contribution in [-0.4, -0.2) is 17.5 Å². The molecule has 0 aliphatic heterocycles. The number of carbonyl (C=O) groups excluding carboxylic acids is 1. The lowest BCUT2D eigenvalue weighted by atomic mass is 9.76. The molecule has 0 fully saturated rings. The monoisotopic (exact) mass is 180 g/mol. The fraction of sp³-hybridized carbons (Fsp3) is 0.545. The minimum absolute atomic E-state index is 0.651. The van der Waals surface area contributed by atoms with Crippen LogP contribution in [0.4, 0.5) is 0 Å². The molecule has 0 aromatic heterocycles. The molecule has 72 valence electrons. The molecule has 0 heterocycles. The molecule has 2 nitrogen and oxygen atoms in total. The summed E-state index contributed by atoms with van der Waals surface area (Å²) in [6.07, 6.45) is 10.0. The Hall–Kier alpha value is -0.890. The van der Waals surface area contributed by atoms with E-state index in [1.807, 2.05) is 6.08 Å². The number of aliphatic hydroxyl groups is 1. The fourth-order valence-corrected chi connectivity index (χ4v) is 1.56. The van der Waals surface area contributed by atoms with Crippen molar-refractivity contribution >= 4 is 6.29 Å². The first-order valence-electron chi connectivity index (χ1n) is 4.75. The number of hydrogen-bond acceptors (Lipinski definition) is 2. The maximum atomic E-state index is 11.0. The van der Waals surface area contributed by atoms with E-state index in [1.165, 1.54) is 0 Å². The lowest BCUT2D eigenvalue weighted by molar-refractivity contribution is -0.118. The summed E-state index contributed by atoms with van der Waals surface area (Å²) in [6.45, 7) is 2.08. The molecule has 0 spiro atoms. The molecule has 13 heavy (non-hydrogen) atoms. The Labute approximate surface area is 79.0 Å². The van der Waals surface area contributed by atoms with E-state index >= 15 is 0 Å². The van der Waals surface area contributed by atoms with E-state index < -0.39 is 11.5 Å². The molecule has 2 unspecified atom stereocenters. The van der Waals surface area contributed by atoms with Gasteiger partial charge < -0.3 is 9.90 Å². The first-order valence-corrected chi connectivity index (χ1v) is 4.75. The van der Waals surface area contributed by atoms with Crippen molar-refractivity contribution in [3.63, 3.8) is 0 Å². The van der Waals surface area contributed by atoms with Gasteiger partial charge in [0.25, 0.3) is 0 Å². The van der Waals surface area contributed by atoms with Crippen molar-refractivity contribution in [2.45, 2.75) is 32.3 Å². The van der Waals surface area contributed by atoms with Gasteiger partial charge in [-0.05, 0) is 6.42 Å². The zero-order valence-corrected chi connectivity index (χ0v) is 7.94. The molecule has 0 saturated heterocycles. The molecule has 0 bridgehead atoms. The molecule has 0 aromatic carbocycles. The van der Waals surface area contributed by atoms with Crippen molar-refractivity contribution < 1.29 is 9.90 Å². The van der Waals surface area contributed by atoms with Gasteiger partial charge in [-0.2, -0.15) is 0 Å². The minimum atomic E-state index is -0.662. The van der Waals surface area contributed by atoms with Gasteiger partial charge in [0.15, 0.2) is 0 Å². The number of aliphatic hydroxyl groups excluding tert-OH is 1. The summed E-state index contributed by atoms with van der Waals surface area (Å²) < 4.78 is 0. The van der Waals surface area contributed by atoms with Gasteiger partial charge in [0.05, 0.1) is 11.5 Å². The van der Waals surface area contributed by atoms with Crippen LogP contribution in [0.2, 0.25) is 0 Å². The third-order valence-corrected chi connectivity index (χ3v) is 2.54. The molecule has 1 N–H and O–H groups in total. The van der Waals surface area contributed by atoms with E-state index in [2.05, 4.69) is 6.92 Å². The molecule has 1 aliphatic rings. The SMILES string of the molecule is CCCCC1(C=O)C=CC=CC1O. The van der Waals surface area contributed by atoms with Crippen LogP contribution in [0.1, 0.15) is 26.2 Å². The number of hydrogen-bond donors (Lipinski definition) is 1. The molecule has 2 heteroatoms. The van der Waals surface area contributed by atoms with Gasteiger partial charge >= 0.3 is 0 Å². The third-order valence-electron chi connectivity index (χ3n) is 2.54. The number of unbranched alkanes of at least 4 members (excludes halogenated alkanes) is 1. The van der Waals surface area contributed by atoms with Crippen LogP contribution < -0.4 is 0 Å². The summed E-state index contributed by atoms with van der Waals surface area (Å²) in [7, 11) is 0. The molecule has 2 atom stereocenters. The second kappa shape index (κ2) is 4.38. The Morgan fingerprint density at radius 2 is 2.31 bits per heavy atom. The number of aldehydes is 1. The topological polar surface area (TPSA) is 37.3 Å². The van der Waals surface area contributed by atoms with E-state index in [1.54, 1.807) is 18.2 Å². The molecular weight excluding hydrogens is 164 g/mol. The Balaban J connectivity index is 2.73. The highest BCUT2D eigenvalue weighted by Gasteiger charge is 2.34. The van der Waals surface area contributed by atoms with Crippen LogP contribution in [0.5, 0.6) is 0 Å². The summed E-state index contributed by atoms with van der Waals surface area (Å²) >= 11 is 0. The predicted octanol–water partition coefficient (Wildman–Crippen LogP) is 1.85. The summed E-state index contributed by atoms with van der Waals surface area (Å²) in [4.78, 5) is 11.0. The summed E-state index contributed by atoms with van der Waals surface area (Å²) in [5.74, 6) is 0. The maximum absolute atomic E-state index is 11.0. The molecule has 1 rings (SSSR count). The smallest absolute Gasteiger partial charge is 0.132 e. The second-order valence-corrected chi connectivity index (χ2v) is 3.52. The van der Waals surface area contributed by atoms with E-state index in [0.29, 0.717) is 0 Å². The van der Waals surface area contributed by atoms with Gasteiger partial charge in [-0.25, -0.2) is 0 Å². The van der Waals surface area contributed by atoms with Crippen LogP contribution in [0.3, 0.4) is 0 Å². The van der Waals surface area contributed by atoms with Gasteiger partial charge in [-0.15, -0.1) is 0 Å². The highest BCUT2D eigenvalue weighted by molar-refractivity contribution is 5.65. The van der Waals surface area contributed by atoms with E-state index in [0.717, 1.165) is 25.5 Å². The largest absolute Gasteiger partial charge is 0.388 e. The third kappa shape index (κ3) is 2.07. The van der Waals surface area contributed by atoms with Crippen LogP contribution in [-0.2, 0) is 4.79 Å². The maximum Gasteiger partial charge on any atom is 0.132 e. The van der Waals surface area contributed by atoms with Gasteiger partial charge in [-0.1, -0.05) is 44.1 Å². The highest BCUT2D eigenvalue weighted by Crippen LogP contribution is 2.31.